The van der Waals surface area contributed by atoms with Gasteiger partial charge in [-0.15, -0.1) is 0 Å². The van der Waals surface area contributed by atoms with E-state index in [-0.39, 0.29) is 24.1 Å². The fourth-order valence-electron chi connectivity index (χ4n) is 1.02. The number of rotatable bonds is 4. The van der Waals surface area contributed by atoms with Gasteiger partial charge < -0.3 is 4.74 Å². The van der Waals surface area contributed by atoms with Crippen LogP contribution in [0.2, 0.25) is 0 Å². The van der Waals surface area contributed by atoms with Crippen molar-refractivity contribution in [1.29, 1.82) is 0 Å². The maximum atomic E-state index is 11.8. The van der Waals surface area contributed by atoms with Crippen molar-refractivity contribution in [2.75, 3.05) is 12.4 Å². The zero-order valence-electron chi connectivity index (χ0n) is 8.47. The van der Waals surface area contributed by atoms with Crippen molar-refractivity contribution in [2.45, 2.75) is 12.4 Å². The fraction of sp³-hybridized carbons (Fsp3) is 0.400. The Labute approximate surface area is 104 Å². The lowest BCUT2D eigenvalue weighted by Gasteiger charge is -2.08. The van der Waals surface area contributed by atoms with E-state index in [9.17, 15) is 13.2 Å². The van der Waals surface area contributed by atoms with E-state index in [1.54, 1.807) is 12.1 Å². The summed E-state index contributed by atoms with van der Waals surface area (Å²) in [6, 6.07) is 5.30. The molecule has 0 saturated heterocycles. The molecule has 0 aromatic heterocycles. The van der Waals surface area contributed by atoms with Gasteiger partial charge in [-0.05, 0) is 42.4 Å². The normalized spacial score (nSPS) is 11.6. The van der Waals surface area contributed by atoms with E-state index in [0.29, 0.717) is 5.75 Å². The Kier molecular flexibility index (Phi) is 4.98. The Morgan fingerprint density at radius 1 is 1.38 bits per heavy atom. The van der Waals surface area contributed by atoms with E-state index in [1.165, 1.54) is 0 Å². The molecule has 1 aromatic carbocycles. The molecule has 1 aromatic rings. The number of thioether (sulfide) groups is 1. The average Bonchev–Trinajstić information content (AvgIpc) is 2.17. The summed E-state index contributed by atoms with van der Waals surface area (Å²) in [5, 5.41) is 0. The molecule has 0 atom stereocenters. The molecule has 0 heterocycles. The second-order valence-electron chi connectivity index (χ2n) is 3.05. The number of aryl methyl sites for hydroxylation is 1. The van der Waals surface area contributed by atoms with E-state index in [2.05, 4.69) is 15.9 Å². The minimum Gasteiger partial charge on any atom is -0.493 e. The molecule has 0 aliphatic heterocycles. The Bertz CT molecular complexity index is 354. The van der Waals surface area contributed by atoms with Crippen LogP contribution in [-0.4, -0.2) is 17.9 Å². The molecule has 0 unspecified atom stereocenters. The second-order valence-corrected chi connectivity index (χ2v) is 5.07. The molecular formula is C10H10BrF3OS. The van der Waals surface area contributed by atoms with Crippen LogP contribution in [0.5, 0.6) is 5.75 Å². The molecular weight excluding hydrogens is 305 g/mol. The van der Waals surface area contributed by atoms with Gasteiger partial charge >= 0.3 is 5.51 Å². The lowest BCUT2D eigenvalue weighted by molar-refractivity contribution is -0.0329. The van der Waals surface area contributed by atoms with E-state index in [4.69, 9.17) is 4.74 Å². The summed E-state index contributed by atoms with van der Waals surface area (Å²) >= 11 is 3.25. The maximum absolute atomic E-state index is 11.8. The molecule has 0 aliphatic rings. The van der Waals surface area contributed by atoms with Crippen LogP contribution in [0.25, 0.3) is 0 Å². The van der Waals surface area contributed by atoms with Crippen molar-refractivity contribution in [1.82, 2.24) is 0 Å². The summed E-state index contributed by atoms with van der Waals surface area (Å²) in [5.74, 6) is 0.488. The monoisotopic (exact) mass is 314 g/mol. The molecule has 6 heteroatoms. The van der Waals surface area contributed by atoms with Gasteiger partial charge in [0.05, 0.1) is 6.61 Å². The lowest BCUT2D eigenvalue weighted by Crippen LogP contribution is -2.07. The Balaban J connectivity index is 2.35. The first kappa shape index (κ1) is 13.7. The van der Waals surface area contributed by atoms with E-state index in [1.807, 2.05) is 13.0 Å². The van der Waals surface area contributed by atoms with Crippen LogP contribution in [0.3, 0.4) is 0 Å². The number of ether oxygens (including phenoxy) is 1. The SMILES string of the molecule is Cc1cc(OCCSC(F)(F)F)ccc1Br. The third kappa shape index (κ3) is 5.12. The number of halogens is 4. The number of alkyl halides is 3. The van der Waals surface area contributed by atoms with Gasteiger partial charge in [-0.25, -0.2) is 0 Å². The van der Waals surface area contributed by atoms with E-state index >= 15 is 0 Å². The second kappa shape index (κ2) is 5.82. The highest BCUT2D eigenvalue weighted by Gasteiger charge is 2.27. The van der Waals surface area contributed by atoms with Crippen molar-refractivity contribution >= 4 is 27.7 Å². The van der Waals surface area contributed by atoms with Gasteiger partial charge in [0.1, 0.15) is 5.75 Å². The van der Waals surface area contributed by atoms with E-state index < -0.39 is 5.51 Å². The number of benzene rings is 1. The highest BCUT2D eigenvalue weighted by molar-refractivity contribution is 9.10. The minimum atomic E-state index is -4.18. The zero-order chi connectivity index (χ0) is 12.2. The summed E-state index contributed by atoms with van der Waals surface area (Å²) in [7, 11) is 0. The molecule has 90 valence electrons. The molecule has 16 heavy (non-hydrogen) atoms. The largest absolute Gasteiger partial charge is 0.493 e. The number of hydrogen-bond acceptors (Lipinski definition) is 2. The Hall–Kier alpha value is -0.360. The maximum Gasteiger partial charge on any atom is 0.441 e. The smallest absolute Gasteiger partial charge is 0.441 e. The molecule has 0 amide bonds. The highest BCUT2D eigenvalue weighted by atomic mass is 79.9. The van der Waals surface area contributed by atoms with Gasteiger partial charge in [-0.3, -0.25) is 0 Å². The molecule has 0 aliphatic carbocycles. The summed E-state index contributed by atoms with van der Waals surface area (Å²) in [6.45, 7) is 1.94. The van der Waals surface area contributed by atoms with Crippen LogP contribution < -0.4 is 4.74 Å². The predicted octanol–water partition coefficient (Wildman–Crippen LogP) is 4.39. The van der Waals surface area contributed by atoms with Crippen LogP contribution >= 0.6 is 27.7 Å². The molecule has 1 nitrogen and oxygen atoms in total. The Morgan fingerprint density at radius 3 is 2.62 bits per heavy atom. The minimum absolute atomic E-state index is 0.0469. The first-order valence-electron chi connectivity index (χ1n) is 4.48. The quantitative estimate of drug-likeness (QED) is 0.762. The van der Waals surface area contributed by atoms with Crippen molar-refractivity contribution in [3.05, 3.63) is 28.2 Å². The average molecular weight is 315 g/mol. The molecule has 0 N–H and O–H groups in total. The van der Waals surface area contributed by atoms with Gasteiger partial charge in [0.25, 0.3) is 0 Å². The molecule has 0 spiro atoms. The van der Waals surface area contributed by atoms with E-state index in [0.717, 1.165) is 10.0 Å². The van der Waals surface area contributed by atoms with Gasteiger partial charge in [-0.1, -0.05) is 15.9 Å². The topological polar surface area (TPSA) is 9.23 Å². The van der Waals surface area contributed by atoms with Crippen LogP contribution in [0.1, 0.15) is 5.56 Å². The van der Waals surface area contributed by atoms with Crippen LogP contribution in [-0.2, 0) is 0 Å². The predicted molar refractivity (Wildman–Crippen MR) is 62.9 cm³/mol. The first-order chi connectivity index (χ1) is 7.38. The fourth-order valence-corrected chi connectivity index (χ4v) is 1.67. The van der Waals surface area contributed by atoms with Crippen LogP contribution in [0.4, 0.5) is 13.2 Å². The summed E-state index contributed by atoms with van der Waals surface area (Å²) in [6.07, 6.45) is 0. The van der Waals surface area contributed by atoms with Gasteiger partial charge in [0, 0.05) is 10.2 Å². The van der Waals surface area contributed by atoms with Gasteiger partial charge in [0.15, 0.2) is 0 Å². The standard InChI is InChI=1S/C10H10BrF3OS/c1-7-6-8(2-3-9(7)11)15-4-5-16-10(12,13)14/h2-3,6H,4-5H2,1H3. The number of hydrogen-bond donors (Lipinski definition) is 0. The summed E-state index contributed by atoms with van der Waals surface area (Å²) < 4.78 is 41.5. The zero-order valence-corrected chi connectivity index (χ0v) is 10.9. The molecule has 0 saturated carbocycles. The van der Waals surface area contributed by atoms with Crippen molar-refractivity contribution in [3.63, 3.8) is 0 Å². The highest BCUT2D eigenvalue weighted by Crippen LogP contribution is 2.30. The van der Waals surface area contributed by atoms with Gasteiger partial charge in [-0.2, -0.15) is 13.2 Å². The third-order valence-electron chi connectivity index (χ3n) is 1.75. The van der Waals surface area contributed by atoms with Gasteiger partial charge in [0.2, 0.25) is 0 Å². The van der Waals surface area contributed by atoms with Crippen molar-refractivity contribution < 1.29 is 17.9 Å². The van der Waals surface area contributed by atoms with Crippen LogP contribution in [0.15, 0.2) is 22.7 Å². The Morgan fingerprint density at radius 2 is 2.06 bits per heavy atom. The first-order valence-corrected chi connectivity index (χ1v) is 6.26. The van der Waals surface area contributed by atoms with Crippen molar-refractivity contribution in [2.24, 2.45) is 0 Å². The molecule has 0 fully saturated rings. The lowest BCUT2D eigenvalue weighted by atomic mass is 10.2. The molecule has 1 rings (SSSR count). The van der Waals surface area contributed by atoms with Crippen LogP contribution in [0, 0.1) is 6.92 Å². The summed E-state index contributed by atoms with van der Waals surface area (Å²) in [4.78, 5) is 0. The molecule has 0 bridgehead atoms. The summed E-state index contributed by atoms with van der Waals surface area (Å²) in [5.41, 5.74) is -3.19. The van der Waals surface area contributed by atoms with Crippen molar-refractivity contribution in [3.8, 4) is 5.75 Å². The molecule has 0 radical (unpaired) electrons. The third-order valence-corrected chi connectivity index (χ3v) is 3.34.